The molecule has 2 fully saturated rings. The molecule has 0 saturated heterocycles. The second-order valence-corrected chi connectivity index (χ2v) is 5.58. The van der Waals surface area contributed by atoms with Gasteiger partial charge in [-0.2, -0.15) is 0 Å². The van der Waals surface area contributed by atoms with Crippen molar-refractivity contribution < 1.29 is 4.79 Å². The van der Waals surface area contributed by atoms with E-state index in [1.54, 1.807) is 0 Å². The molecule has 0 amide bonds. The number of nitrogen functional groups attached to an aromatic ring is 1. The summed E-state index contributed by atoms with van der Waals surface area (Å²) in [4.78, 5) is 12.5. The molecule has 3 rings (SSSR count). The van der Waals surface area contributed by atoms with Crippen LogP contribution in [0.3, 0.4) is 0 Å². The molecule has 2 aliphatic rings. The Hall–Kier alpha value is -1.31. The number of hydrogen-bond donors (Lipinski definition) is 1. The van der Waals surface area contributed by atoms with Crippen molar-refractivity contribution >= 4 is 11.5 Å². The SMILES string of the molecule is Cc1cc(N)ccc1C(=O)C1C2CCCCC21. The summed E-state index contributed by atoms with van der Waals surface area (Å²) >= 11 is 0. The Labute approximate surface area is 102 Å². The molecule has 2 atom stereocenters. The molecule has 0 radical (unpaired) electrons. The Morgan fingerprint density at radius 1 is 1.24 bits per heavy atom. The number of aryl methyl sites for hydroxylation is 1. The van der Waals surface area contributed by atoms with E-state index >= 15 is 0 Å². The third-order valence-electron chi connectivity index (χ3n) is 4.48. The highest BCUT2D eigenvalue weighted by Crippen LogP contribution is 2.56. The van der Waals surface area contributed by atoms with E-state index in [1.165, 1.54) is 25.7 Å². The van der Waals surface area contributed by atoms with Gasteiger partial charge in [0.1, 0.15) is 0 Å². The summed E-state index contributed by atoms with van der Waals surface area (Å²) < 4.78 is 0. The normalized spacial score (nSPS) is 30.8. The Bertz CT molecular complexity index is 454. The van der Waals surface area contributed by atoms with Crippen molar-refractivity contribution in [3.8, 4) is 0 Å². The van der Waals surface area contributed by atoms with E-state index in [4.69, 9.17) is 5.73 Å². The molecule has 1 aromatic rings. The van der Waals surface area contributed by atoms with Crippen LogP contribution in [-0.4, -0.2) is 5.78 Å². The average Bonchev–Trinajstić information content (AvgIpc) is 3.02. The number of nitrogens with two attached hydrogens (primary N) is 1. The Kier molecular flexibility index (Phi) is 2.46. The molecule has 0 heterocycles. The second-order valence-electron chi connectivity index (χ2n) is 5.58. The molecule has 17 heavy (non-hydrogen) atoms. The van der Waals surface area contributed by atoms with Gasteiger partial charge in [0, 0.05) is 17.2 Å². The maximum atomic E-state index is 12.5. The third-order valence-corrected chi connectivity index (χ3v) is 4.48. The second kappa shape index (κ2) is 3.86. The molecule has 2 aliphatic carbocycles. The van der Waals surface area contributed by atoms with E-state index < -0.39 is 0 Å². The first-order valence-corrected chi connectivity index (χ1v) is 6.59. The van der Waals surface area contributed by atoms with E-state index in [-0.39, 0.29) is 0 Å². The number of anilines is 1. The van der Waals surface area contributed by atoms with Crippen LogP contribution in [0, 0.1) is 24.7 Å². The quantitative estimate of drug-likeness (QED) is 0.625. The lowest BCUT2D eigenvalue weighted by Crippen LogP contribution is -2.06. The summed E-state index contributed by atoms with van der Waals surface area (Å²) in [6.45, 7) is 1.98. The van der Waals surface area contributed by atoms with Crippen molar-refractivity contribution in [2.75, 3.05) is 5.73 Å². The molecule has 0 aromatic heterocycles. The summed E-state index contributed by atoms with van der Waals surface area (Å²) in [7, 11) is 0. The van der Waals surface area contributed by atoms with E-state index in [9.17, 15) is 4.79 Å². The molecule has 90 valence electrons. The molecule has 1 aromatic carbocycles. The van der Waals surface area contributed by atoms with E-state index in [1.807, 2.05) is 25.1 Å². The fraction of sp³-hybridized carbons (Fsp3) is 0.533. The van der Waals surface area contributed by atoms with Crippen LogP contribution in [0.5, 0.6) is 0 Å². The minimum Gasteiger partial charge on any atom is -0.399 e. The highest BCUT2D eigenvalue weighted by atomic mass is 16.1. The van der Waals surface area contributed by atoms with Crippen molar-refractivity contribution in [1.29, 1.82) is 0 Å². The van der Waals surface area contributed by atoms with E-state index in [0.717, 1.165) is 16.8 Å². The predicted molar refractivity (Wildman–Crippen MR) is 68.9 cm³/mol. The van der Waals surface area contributed by atoms with Gasteiger partial charge in [-0.1, -0.05) is 12.8 Å². The van der Waals surface area contributed by atoms with E-state index in [2.05, 4.69) is 0 Å². The van der Waals surface area contributed by atoms with Crippen molar-refractivity contribution in [1.82, 2.24) is 0 Å². The van der Waals surface area contributed by atoms with Gasteiger partial charge in [-0.15, -0.1) is 0 Å². The molecular formula is C15H19NO. The van der Waals surface area contributed by atoms with Crippen LogP contribution in [0.2, 0.25) is 0 Å². The van der Waals surface area contributed by atoms with Crippen LogP contribution in [0.15, 0.2) is 18.2 Å². The Morgan fingerprint density at radius 3 is 2.47 bits per heavy atom. The molecule has 2 N–H and O–H groups in total. The predicted octanol–water partition coefficient (Wildman–Crippen LogP) is 3.20. The van der Waals surface area contributed by atoms with Gasteiger partial charge in [-0.25, -0.2) is 0 Å². The molecule has 0 spiro atoms. The van der Waals surface area contributed by atoms with Gasteiger partial charge in [-0.3, -0.25) is 4.79 Å². The average molecular weight is 229 g/mol. The van der Waals surface area contributed by atoms with Gasteiger partial charge < -0.3 is 5.73 Å². The molecule has 2 saturated carbocycles. The number of benzene rings is 1. The zero-order valence-electron chi connectivity index (χ0n) is 10.3. The standard InChI is InChI=1S/C15H19NO/c1-9-8-10(16)6-7-11(9)15(17)14-12-4-2-3-5-13(12)14/h6-8,12-14H,2-5,16H2,1H3. The molecule has 2 unspecified atom stereocenters. The van der Waals surface area contributed by atoms with Crippen LogP contribution in [0.1, 0.15) is 41.6 Å². The fourth-order valence-corrected chi connectivity index (χ4v) is 3.52. The Balaban J connectivity index is 1.83. The highest BCUT2D eigenvalue weighted by molar-refractivity contribution is 6.01. The topological polar surface area (TPSA) is 43.1 Å². The van der Waals surface area contributed by atoms with Crippen LogP contribution < -0.4 is 5.73 Å². The minimum absolute atomic E-state index is 0.319. The van der Waals surface area contributed by atoms with Crippen molar-refractivity contribution in [3.63, 3.8) is 0 Å². The number of Topliss-reactive ketones (excluding diaryl/α,β-unsaturated/α-hetero) is 1. The number of carbonyl (C=O) groups excluding carboxylic acids is 1. The summed E-state index contributed by atoms with van der Waals surface area (Å²) in [5.74, 6) is 2.06. The van der Waals surface area contributed by atoms with Gasteiger partial charge in [0.2, 0.25) is 0 Å². The number of hydrogen-bond acceptors (Lipinski definition) is 2. The smallest absolute Gasteiger partial charge is 0.166 e. The van der Waals surface area contributed by atoms with E-state index in [0.29, 0.717) is 23.5 Å². The lowest BCUT2D eigenvalue weighted by Gasteiger charge is -2.05. The summed E-state index contributed by atoms with van der Waals surface area (Å²) in [5, 5.41) is 0. The van der Waals surface area contributed by atoms with Gasteiger partial charge in [0.15, 0.2) is 5.78 Å². The van der Waals surface area contributed by atoms with Crippen molar-refractivity contribution in [2.45, 2.75) is 32.6 Å². The molecule has 2 heteroatoms. The monoisotopic (exact) mass is 229 g/mol. The zero-order valence-corrected chi connectivity index (χ0v) is 10.3. The first-order chi connectivity index (χ1) is 8.18. The third kappa shape index (κ3) is 1.76. The number of ketones is 1. The molecular weight excluding hydrogens is 210 g/mol. The van der Waals surface area contributed by atoms with Gasteiger partial charge >= 0.3 is 0 Å². The molecule has 2 nitrogen and oxygen atoms in total. The lowest BCUT2D eigenvalue weighted by molar-refractivity contribution is 0.0956. The maximum absolute atomic E-state index is 12.5. The molecule has 0 bridgehead atoms. The van der Waals surface area contributed by atoms with Crippen LogP contribution in [0.25, 0.3) is 0 Å². The van der Waals surface area contributed by atoms with Crippen LogP contribution >= 0.6 is 0 Å². The van der Waals surface area contributed by atoms with Crippen LogP contribution in [-0.2, 0) is 0 Å². The first kappa shape index (κ1) is 10.8. The number of carbonyl (C=O) groups is 1. The summed E-state index contributed by atoms with van der Waals surface area (Å²) in [6, 6.07) is 5.64. The fourth-order valence-electron chi connectivity index (χ4n) is 3.52. The largest absolute Gasteiger partial charge is 0.399 e. The van der Waals surface area contributed by atoms with Gasteiger partial charge in [-0.05, 0) is 55.4 Å². The lowest BCUT2D eigenvalue weighted by atomic mass is 9.99. The van der Waals surface area contributed by atoms with Gasteiger partial charge in [0.25, 0.3) is 0 Å². The first-order valence-electron chi connectivity index (χ1n) is 6.59. The van der Waals surface area contributed by atoms with Crippen molar-refractivity contribution in [3.05, 3.63) is 29.3 Å². The summed E-state index contributed by atoms with van der Waals surface area (Å²) in [6.07, 6.45) is 5.14. The number of rotatable bonds is 2. The highest BCUT2D eigenvalue weighted by Gasteiger charge is 2.54. The minimum atomic E-state index is 0.319. The zero-order chi connectivity index (χ0) is 12.0. The van der Waals surface area contributed by atoms with Crippen molar-refractivity contribution in [2.24, 2.45) is 17.8 Å². The number of fused-ring (bicyclic) bond motifs is 1. The summed E-state index contributed by atoms with van der Waals surface area (Å²) in [5.41, 5.74) is 8.38. The Morgan fingerprint density at radius 2 is 1.88 bits per heavy atom. The van der Waals surface area contributed by atoms with Crippen LogP contribution in [0.4, 0.5) is 5.69 Å². The van der Waals surface area contributed by atoms with Gasteiger partial charge in [0.05, 0.1) is 0 Å². The maximum Gasteiger partial charge on any atom is 0.166 e. The molecule has 0 aliphatic heterocycles.